The molecule has 0 atom stereocenters. The van der Waals surface area contributed by atoms with Gasteiger partial charge in [0.15, 0.2) is 0 Å². The molecule has 0 fully saturated rings. The highest BCUT2D eigenvalue weighted by Gasteiger charge is 2.15. The average molecular weight is 310 g/mol. The van der Waals surface area contributed by atoms with Gasteiger partial charge in [-0.2, -0.15) is 5.10 Å². The minimum Gasteiger partial charge on any atom is -0.396 e. The fourth-order valence-corrected chi connectivity index (χ4v) is 2.39. The number of carbonyl (C=O) groups excluding carboxylic acids is 1. The van der Waals surface area contributed by atoms with Crippen molar-refractivity contribution in [3.63, 3.8) is 0 Å². The highest BCUT2D eigenvalue weighted by molar-refractivity contribution is 5.73. The summed E-state index contributed by atoms with van der Waals surface area (Å²) in [7, 11) is 1.93. The zero-order valence-corrected chi connectivity index (χ0v) is 14.5. The SMILES string of the molecule is Cc1nn(C)c(C)c1CCNC(=O)NCCCC(C)(C)CO. The molecule has 0 saturated heterocycles. The van der Waals surface area contributed by atoms with E-state index in [1.54, 1.807) is 0 Å². The Labute approximate surface area is 133 Å². The van der Waals surface area contributed by atoms with Crippen LogP contribution in [0.4, 0.5) is 4.79 Å². The molecule has 2 amide bonds. The predicted octanol–water partition coefficient (Wildman–Crippen LogP) is 1.68. The first-order valence-corrected chi connectivity index (χ1v) is 7.88. The molecular formula is C16H30N4O2. The molecule has 1 aromatic heterocycles. The van der Waals surface area contributed by atoms with Crippen molar-refractivity contribution in [3.8, 4) is 0 Å². The minimum absolute atomic E-state index is 0.0759. The lowest BCUT2D eigenvalue weighted by Crippen LogP contribution is -2.37. The maximum absolute atomic E-state index is 11.7. The molecular weight excluding hydrogens is 280 g/mol. The first-order valence-electron chi connectivity index (χ1n) is 7.88. The third-order valence-corrected chi connectivity index (χ3v) is 4.06. The van der Waals surface area contributed by atoms with Gasteiger partial charge in [-0.05, 0) is 44.1 Å². The molecule has 0 spiro atoms. The van der Waals surface area contributed by atoms with Crippen molar-refractivity contribution in [1.82, 2.24) is 20.4 Å². The highest BCUT2D eigenvalue weighted by Crippen LogP contribution is 2.20. The van der Waals surface area contributed by atoms with E-state index in [9.17, 15) is 4.79 Å². The molecule has 3 N–H and O–H groups in total. The third-order valence-electron chi connectivity index (χ3n) is 4.06. The van der Waals surface area contributed by atoms with Crippen molar-refractivity contribution in [2.75, 3.05) is 19.7 Å². The fourth-order valence-electron chi connectivity index (χ4n) is 2.39. The number of urea groups is 1. The van der Waals surface area contributed by atoms with E-state index < -0.39 is 0 Å². The quantitative estimate of drug-likeness (QED) is 0.639. The largest absolute Gasteiger partial charge is 0.396 e. The Morgan fingerprint density at radius 2 is 1.91 bits per heavy atom. The van der Waals surface area contributed by atoms with Gasteiger partial charge in [0.2, 0.25) is 0 Å². The van der Waals surface area contributed by atoms with E-state index in [0.29, 0.717) is 13.1 Å². The second-order valence-corrected chi connectivity index (χ2v) is 6.63. The van der Waals surface area contributed by atoms with E-state index in [4.69, 9.17) is 5.11 Å². The topological polar surface area (TPSA) is 79.2 Å². The van der Waals surface area contributed by atoms with E-state index in [0.717, 1.165) is 30.7 Å². The van der Waals surface area contributed by atoms with Crippen molar-refractivity contribution in [2.45, 2.75) is 47.0 Å². The highest BCUT2D eigenvalue weighted by atomic mass is 16.3. The van der Waals surface area contributed by atoms with Crippen molar-refractivity contribution < 1.29 is 9.90 Å². The number of hydrogen-bond acceptors (Lipinski definition) is 3. The molecule has 1 aromatic rings. The second kappa shape index (κ2) is 8.17. The summed E-state index contributed by atoms with van der Waals surface area (Å²) >= 11 is 0. The van der Waals surface area contributed by atoms with E-state index in [1.807, 2.05) is 39.4 Å². The Balaban J connectivity index is 2.21. The molecule has 0 aliphatic heterocycles. The lowest BCUT2D eigenvalue weighted by atomic mass is 9.89. The van der Waals surface area contributed by atoms with Crippen LogP contribution in [0.3, 0.4) is 0 Å². The third kappa shape index (κ3) is 5.67. The van der Waals surface area contributed by atoms with Crippen molar-refractivity contribution in [2.24, 2.45) is 12.5 Å². The summed E-state index contributed by atoms with van der Waals surface area (Å²) in [6, 6.07) is -0.138. The zero-order chi connectivity index (χ0) is 16.8. The molecule has 6 nitrogen and oxygen atoms in total. The van der Waals surface area contributed by atoms with Crippen LogP contribution in [0.15, 0.2) is 0 Å². The molecule has 0 aliphatic carbocycles. The average Bonchev–Trinajstić information content (AvgIpc) is 2.70. The Morgan fingerprint density at radius 3 is 2.45 bits per heavy atom. The lowest BCUT2D eigenvalue weighted by Gasteiger charge is -2.21. The number of carbonyl (C=O) groups is 1. The first kappa shape index (κ1) is 18.5. The summed E-state index contributed by atoms with van der Waals surface area (Å²) in [6.45, 7) is 9.46. The van der Waals surface area contributed by atoms with Crippen LogP contribution in [0, 0.1) is 19.3 Å². The van der Waals surface area contributed by atoms with Crippen LogP contribution in [0.2, 0.25) is 0 Å². The van der Waals surface area contributed by atoms with Crippen LogP contribution in [-0.4, -0.2) is 40.6 Å². The Hall–Kier alpha value is -1.56. The monoisotopic (exact) mass is 310 g/mol. The Bertz CT molecular complexity index is 495. The second-order valence-electron chi connectivity index (χ2n) is 6.63. The van der Waals surface area contributed by atoms with E-state index in [1.165, 1.54) is 5.56 Å². The molecule has 1 heterocycles. The summed E-state index contributed by atoms with van der Waals surface area (Å²) in [5.74, 6) is 0. The minimum atomic E-state index is -0.138. The number of rotatable bonds is 8. The van der Waals surface area contributed by atoms with Crippen LogP contribution in [0.5, 0.6) is 0 Å². The number of nitrogens with one attached hydrogen (secondary N) is 2. The summed E-state index contributed by atoms with van der Waals surface area (Å²) in [5, 5.41) is 19.3. The number of aliphatic hydroxyl groups excluding tert-OH is 1. The maximum atomic E-state index is 11.7. The molecule has 1 rings (SSSR count). The summed E-state index contributed by atoms with van der Waals surface area (Å²) in [6.07, 6.45) is 2.54. The molecule has 0 aliphatic rings. The molecule has 0 unspecified atom stereocenters. The van der Waals surface area contributed by atoms with Gasteiger partial charge in [0.1, 0.15) is 0 Å². The molecule has 0 bridgehead atoms. The molecule has 22 heavy (non-hydrogen) atoms. The summed E-state index contributed by atoms with van der Waals surface area (Å²) < 4.78 is 1.87. The van der Waals surface area contributed by atoms with Crippen LogP contribution < -0.4 is 10.6 Å². The number of aryl methyl sites for hydroxylation is 2. The predicted molar refractivity (Wildman–Crippen MR) is 87.9 cm³/mol. The van der Waals surface area contributed by atoms with Crippen LogP contribution in [0.25, 0.3) is 0 Å². The smallest absolute Gasteiger partial charge is 0.314 e. The zero-order valence-electron chi connectivity index (χ0n) is 14.5. The summed E-state index contributed by atoms with van der Waals surface area (Å²) in [5.41, 5.74) is 3.29. The number of aromatic nitrogens is 2. The first-order chi connectivity index (χ1) is 10.3. The van der Waals surface area contributed by atoms with Crippen LogP contribution in [-0.2, 0) is 13.5 Å². The molecule has 0 saturated carbocycles. The van der Waals surface area contributed by atoms with Gasteiger partial charge in [-0.3, -0.25) is 4.68 Å². The van der Waals surface area contributed by atoms with E-state index >= 15 is 0 Å². The van der Waals surface area contributed by atoms with Gasteiger partial charge in [0.05, 0.1) is 5.69 Å². The molecule has 0 radical (unpaired) electrons. The van der Waals surface area contributed by atoms with Crippen molar-refractivity contribution >= 4 is 6.03 Å². The fraction of sp³-hybridized carbons (Fsp3) is 0.750. The van der Waals surface area contributed by atoms with Crippen LogP contribution in [0.1, 0.15) is 43.6 Å². The van der Waals surface area contributed by atoms with Crippen molar-refractivity contribution in [1.29, 1.82) is 0 Å². The number of amides is 2. The van der Waals surface area contributed by atoms with Gasteiger partial charge in [-0.1, -0.05) is 13.8 Å². The lowest BCUT2D eigenvalue weighted by molar-refractivity contribution is 0.148. The number of aliphatic hydroxyl groups is 1. The van der Waals surface area contributed by atoms with Gasteiger partial charge in [0.25, 0.3) is 0 Å². The molecule has 126 valence electrons. The molecule has 0 aromatic carbocycles. The Morgan fingerprint density at radius 1 is 1.27 bits per heavy atom. The van der Waals surface area contributed by atoms with Crippen molar-refractivity contribution in [3.05, 3.63) is 17.0 Å². The van der Waals surface area contributed by atoms with Gasteiger partial charge < -0.3 is 15.7 Å². The van der Waals surface area contributed by atoms with Crippen LogP contribution >= 0.6 is 0 Å². The summed E-state index contributed by atoms with van der Waals surface area (Å²) in [4.78, 5) is 11.7. The maximum Gasteiger partial charge on any atom is 0.314 e. The van der Waals surface area contributed by atoms with Gasteiger partial charge >= 0.3 is 6.03 Å². The van der Waals surface area contributed by atoms with Gasteiger partial charge in [-0.15, -0.1) is 0 Å². The van der Waals surface area contributed by atoms with E-state index in [2.05, 4.69) is 15.7 Å². The molecule has 6 heteroatoms. The van der Waals surface area contributed by atoms with Gasteiger partial charge in [-0.25, -0.2) is 4.79 Å². The number of nitrogens with zero attached hydrogens (tertiary/aromatic N) is 2. The van der Waals surface area contributed by atoms with E-state index in [-0.39, 0.29) is 18.1 Å². The normalized spacial score (nSPS) is 11.5. The standard InChI is InChI=1S/C16H30N4O2/c1-12-14(13(2)20(5)19-12)7-10-18-15(22)17-9-6-8-16(3,4)11-21/h21H,6-11H2,1-5H3,(H2,17,18,22). The number of hydrogen-bond donors (Lipinski definition) is 3. The van der Waals surface area contributed by atoms with Gasteiger partial charge in [0, 0.05) is 32.4 Å². The Kier molecular flexibility index (Phi) is 6.87.